The molecule has 1 amide bonds. The molecule has 0 aliphatic carbocycles. The summed E-state index contributed by atoms with van der Waals surface area (Å²) in [5.41, 5.74) is 6.09. The highest BCUT2D eigenvalue weighted by molar-refractivity contribution is 6.36. The Morgan fingerprint density at radius 2 is 1.57 bits per heavy atom. The molecular formula is C53H62ClN11O5. The highest BCUT2D eigenvalue weighted by atomic mass is 35.5. The maximum Gasteiger partial charge on any atom is 0.319 e. The summed E-state index contributed by atoms with van der Waals surface area (Å²) in [6.07, 6.45) is 4.41. The SMILES string of the molecule is C=CC(=O)N1CCN(c2nc(OCCN3CCC(N4CCN(Cc5ccc(-n6c(O)nnc6-c6cc(C(C)C)c(O)cc6O)cc5)CC4)CC3)nc3c2CCN(c2cccc4cccc(Cl)c24)C3)CC1. The molecule has 0 radical (unpaired) electrons. The number of piperidine rings is 1. The van der Waals surface area contributed by atoms with Crippen molar-refractivity contribution in [2.24, 2.45) is 0 Å². The van der Waals surface area contributed by atoms with Crippen LogP contribution in [0.5, 0.6) is 23.5 Å². The normalized spacial score (nSPS) is 17.6. The van der Waals surface area contributed by atoms with Gasteiger partial charge in [-0.3, -0.25) is 19.5 Å². The van der Waals surface area contributed by atoms with Gasteiger partial charge in [-0.1, -0.05) is 73.5 Å². The van der Waals surface area contributed by atoms with E-state index < -0.39 is 0 Å². The lowest BCUT2D eigenvalue weighted by atomic mass is 9.98. The van der Waals surface area contributed by atoms with E-state index in [0.29, 0.717) is 68.2 Å². The summed E-state index contributed by atoms with van der Waals surface area (Å²) in [5.74, 6) is 1.05. The Morgan fingerprint density at radius 1 is 0.829 bits per heavy atom. The number of phenolic OH excluding ortho intramolecular Hbond substituents is 2. The summed E-state index contributed by atoms with van der Waals surface area (Å²) >= 11 is 6.79. The van der Waals surface area contributed by atoms with Gasteiger partial charge in [0.25, 0.3) is 0 Å². The van der Waals surface area contributed by atoms with Gasteiger partial charge in [-0.2, -0.15) is 9.97 Å². The minimum atomic E-state index is -0.283. The summed E-state index contributed by atoms with van der Waals surface area (Å²) in [6, 6.07) is 24.1. The second kappa shape index (κ2) is 20.5. The van der Waals surface area contributed by atoms with Crippen LogP contribution in [0, 0.1) is 0 Å². The predicted molar refractivity (Wildman–Crippen MR) is 272 cm³/mol. The Kier molecular flexibility index (Phi) is 13.8. The fourth-order valence-corrected chi connectivity index (χ4v) is 11.0. The average Bonchev–Trinajstić information content (AvgIpc) is 3.76. The molecule has 17 heteroatoms. The van der Waals surface area contributed by atoms with Crippen LogP contribution in [0.25, 0.3) is 27.8 Å². The third kappa shape index (κ3) is 9.82. The van der Waals surface area contributed by atoms with Gasteiger partial charge >= 0.3 is 12.0 Å². The van der Waals surface area contributed by atoms with E-state index in [0.717, 1.165) is 117 Å². The van der Waals surface area contributed by atoms with Gasteiger partial charge in [-0.25, -0.2) is 4.57 Å². The standard InChI is InChI=1S/C53H62ClN11O5/c1-4-48(68)62-25-27-63(28-26-62)50-40-17-20-64(45-10-6-8-37-7-5-9-43(54)49(37)45)34-44(40)55-52(56-50)70-30-29-59-18-15-38(16-19-59)61-23-21-60(22-24-61)33-36-11-13-39(14-12-36)65-51(57-58-53(65)69)42-31-41(35(2)3)46(66)32-47(42)67/h4-14,31-32,35,38,66-67H,1,15-30,33-34H2,2-3H3,(H,58,69). The third-order valence-corrected chi connectivity index (χ3v) is 14.9. The van der Waals surface area contributed by atoms with E-state index in [1.807, 2.05) is 43.0 Å². The summed E-state index contributed by atoms with van der Waals surface area (Å²) in [7, 11) is 0. The Bertz CT molecular complexity index is 2850. The fourth-order valence-electron chi connectivity index (χ4n) is 10.7. The highest BCUT2D eigenvalue weighted by Gasteiger charge is 2.31. The first-order valence-electron chi connectivity index (χ1n) is 24.6. The monoisotopic (exact) mass is 967 g/mol. The molecule has 6 heterocycles. The topological polar surface area (TPSA) is 163 Å². The van der Waals surface area contributed by atoms with Crippen molar-refractivity contribution in [1.82, 2.24) is 44.3 Å². The molecule has 70 heavy (non-hydrogen) atoms. The van der Waals surface area contributed by atoms with E-state index in [2.05, 4.69) is 77.7 Å². The molecule has 6 aromatic rings. The van der Waals surface area contributed by atoms with Gasteiger partial charge in [0.2, 0.25) is 5.91 Å². The molecule has 3 N–H and O–H groups in total. The fraction of sp³-hybridized carbons (Fsp3) is 0.415. The Balaban J connectivity index is 0.723. The van der Waals surface area contributed by atoms with Gasteiger partial charge < -0.3 is 34.8 Å². The number of halogens is 1. The Hall–Kier alpha value is -6.46. The molecule has 10 rings (SSSR count). The maximum absolute atomic E-state index is 12.4. The molecule has 366 valence electrons. The van der Waals surface area contributed by atoms with Gasteiger partial charge in [-0.05, 0) is 91.2 Å². The van der Waals surface area contributed by atoms with Crippen molar-refractivity contribution in [1.29, 1.82) is 0 Å². The molecule has 0 unspecified atom stereocenters. The number of hydrogen-bond acceptors (Lipinski definition) is 14. The molecule has 0 bridgehead atoms. The number of amides is 1. The number of aromatic hydroxyl groups is 3. The Labute approximate surface area is 414 Å². The van der Waals surface area contributed by atoms with Gasteiger partial charge in [-0.15, -0.1) is 5.10 Å². The van der Waals surface area contributed by atoms with Crippen LogP contribution in [0.15, 0.2) is 85.5 Å². The molecule has 4 aliphatic rings. The molecule has 4 aromatic carbocycles. The second-order valence-electron chi connectivity index (χ2n) is 19.2. The number of phenols is 2. The van der Waals surface area contributed by atoms with Crippen LogP contribution in [0.2, 0.25) is 5.02 Å². The van der Waals surface area contributed by atoms with Gasteiger partial charge in [0.05, 0.1) is 28.5 Å². The summed E-state index contributed by atoms with van der Waals surface area (Å²) in [4.78, 5) is 36.7. The maximum atomic E-state index is 12.4. The van der Waals surface area contributed by atoms with E-state index in [9.17, 15) is 20.1 Å². The smallest absolute Gasteiger partial charge is 0.319 e. The van der Waals surface area contributed by atoms with Crippen molar-refractivity contribution in [3.05, 3.63) is 113 Å². The molecule has 0 atom stereocenters. The molecule has 4 aliphatic heterocycles. The second-order valence-corrected chi connectivity index (χ2v) is 19.6. The minimum Gasteiger partial charge on any atom is -0.508 e. The number of benzene rings is 4. The highest BCUT2D eigenvalue weighted by Crippen LogP contribution is 2.40. The number of hydrogen-bond donors (Lipinski definition) is 3. The lowest BCUT2D eigenvalue weighted by molar-refractivity contribution is -0.126. The number of piperazine rings is 2. The van der Waals surface area contributed by atoms with E-state index in [1.165, 1.54) is 22.3 Å². The number of carbonyl (C=O) groups is 1. The van der Waals surface area contributed by atoms with Crippen molar-refractivity contribution >= 4 is 39.8 Å². The van der Waals surface area contributed by atoms with Crippen molar-refractivity contribution in [2.75, 3.05) is 94.9 Å². The lowest BCUT2D eigenvalue weighted by Gasteiger charge is -2.42. The van der Waals surface area contributed by atoms with Crippen molar-refractivity contribution in [3.8, 4) is 40.6 Å². The zero-order valence-corrected chi connectivity index (χ0v) is 40.8. The summed E-state index contributed by atoms with van der Waals surface area (Å²) in [5, 5.41) is 42.8. The van der Waals surface area contributed by atoms with Crippen LogP contribution in [0.1, 0.15) is 55.0 Å². The molecule has 2 aromatic heterocycles. The lowest BCUT2D eigenvalue weighted by Crippen LogP contribution is -2.53. The summed E-state index contributed by atoms with van der Waals surface area (Å²) < 4.78 is 7.94. The van der Waals surface area contributed by atoms with Crippen LogP contribution in [0.4, 0.5) is 11.5 Å². The first-order valence-corrected chi connectivity index (χ1v) is 25.0. The van der Waals surface area contributed by atoms with Crippen LogP contribution >= 0.6 is 11.6 Å². The predicted octanol–water partition coefficient (Wildman–Crippen LogP) is 6.83. The number of ether oxygens (including phenoxy) is 1. The van der Waals surface area contributed by atoms with Crippen LogP contribution in [-0.2, 0) is 24.3 Å². The number of fused-ring (bicyclic) bond motifs is 2. The number of carbonyl (C=O) groups excluding carboxylic acids is 1. The first kappa shape index (κ1) is 47.2. The third-order valence-electron chi connectivity index (χ3n) is 14.6. The molecule has 16 nitrogen and oxygen atoms in total. The molecule has 3 fully saturated rings. The van der Waals surface area contributed by atoms with E-state index in [1.54, 1.807) is 6.07 Å². The molecule has 0 spiro atoms. The van der Waals surface area contributed by atoms with Crippen LogP contribution in [0.3, 0.4) is 0 Å². The molecule has 0 saturated carbocycles. The number of nitrogens with zero attached hydrogens (tertiary/aromatic N) is 11. The van der Waals surface area contributed by atoms with Gasteiger partial charge in [0.15, 0.2) is 5.82 Å². The van der Waals surface area contributed by atoms with Crippen molar-refractivity contribution in [3.63, 3.8) is 0 Å². The minimum absolute atomic E-state index is 0.0122. The van der Waals surface area contributed by atoms with E-state index >= 15 is 0 Å². The summed E-state index contributed by atoms with van der Waals surface area (Å²) in [6.45, 7) is 19.8. The zero-order chi connectivity index (χ0) is 48.5. The number of likely N-dealkylation sites (tertiary alicyclic amines) is 1. The van der Waals surface area contributed by atoms with E-state index in [4.69, 9.17) is 26.3 Å². The number of aromatic nitrogens is 5. The Morgan fingerprint density at radius 3 is 2.30 bits per heavy atom. The van der Waals surface area contributed by atoms with Crippen LogP contribution < -0.4 is 14.5 Å². The quantitative estimate of drug-likeness (QED) is 0.103. The molecule has 3 saturated heterocycles. The largest absolute Gasteiger partial charge is 0.508 e. The van der Waals surface area contributed by atoms with Crippen LogP contribution in [-0.4, -0.2) is 157 Å². The zero-order valence-electron chi connectivity index (χ0n) is 40.1. The van der Waals surface area contributed by atoms with E-state index in [-0.39, 0.29) is 35.2 Å². The van der Waals surface area contributed by atoms with Crippen molar-refractivity contribution < 1.29 is 24.9 Å². The van der Waals surface area contributed by atoms with Crippen molar-refractivity contribution in [2.45, 2.75) is 58.2 Å². The molecular weight excluding hydrogens is 906 g/mol. The number of rotatable bonds is 13. The van der Waals surface area contributed by atoms with Gasteiger partial charge in [0, 0.05) is 101 Å². The first-order chi connectivity index (χ1) is 34.0. The average molecular weight is 969 g/mol. The van der Waals surface area contributed by atoms with Gasteiger partial charge in [0.1, 0.15) is 23.9 Å². The number of anilines is 2.